The average Bonchev–Trinajstić information content (AvgIpc) is 2.46. The maximum Gasteiger partial charge on any atom is 0.0711 e. The van der Waals surface area contributed by atoms with Crippen molar-refractivity contribution in [2.45, 2.75) is 13.5 Å². The first-order chi connectivity index (χ1) is 9.29. The van der Waals surface area contributed by atoms with Crippen LogP contribution >= 0.6 is 0 Å². The summed E-state index contributed by atoms with van der Waals surface area (Å²) >= 11 is 0. The number of nitrogens with two attached hydrogens (primary N) is 1. The summed E-state index contributed by atoms with van der Waals surface area (Å²) in [6.45, 7) is 2.68. The van der Waals surface area contributed by atoms with Crippen LogP contribution in [-0.4, -0.2) is 4.98 Å². The maximum absolute atomic E-state index is 5.69. The van der Waals surface area contributed by atoms with Crippen molar-refractivity contribution < 1.29 is 0 Å². The third-order valence-corrected chi connectivity index (χ3v) is 3.48. The lowest BCUT2D eigenvalue weighted by Gasteiger charge is -2.10. The normalized spacial score (nSPS) is 10.8. The lowest BCUT2D eigenvalue weighted by atomic mass is 9.97. The Morgan fingerprint density at radius 2 is 1.84 bits per heavy atom. The molecule has 94 valence electrons. The molecule has 0 saturated carbocycles. The standard InChI is InChI=1S/C17H16N2/c1-12-4-2-3-5-14(12)15-8-9-19-17-10-13(11-18)6-7-16(15)17/h2-10H,11,18H2,1H3. The minimum absolute atomic E-state index is 0.548. The van der Waals surface area contributed by atoms with Gasteiger partial charge in [-0.05, 0) is 41.3 Å². The number of pyridine rings is 1. The number of hydrogen-bond acceptors (Lipinski definition) is 2. The molecule has 0 atom stereocenters. The first kappa shape index (κ1) is 11.9. The zero-order chi connectivity index (χ0) is 13.2. The van der Waals surface area contributed by atoms with Crippen molar-refractivity contribution in [3.05, 3.63) is 65.9 Å². The number of nitrogens with zero attached hydrogens (tertiary/aromatic N) is 1. The summed E-state index contributed by atoms with van der Waals surface area (Å²) in [6.07, 6.45) is 1.87. The van der Waals surface area contributed by atoms with Crippen LogP contribution in [0, 0.1) is 6.92 Å². The predicted molar refractivity (Wildman–Crippen MR) is 79.8 cm³/mol. The summed E-state index contributed by atoms with van der Waals surface area (Å²) in [6, 6.07) is 16.8. The number of aryl methyl sites for hydroxylation is 1. The van der Waals surface area contributed by atoms with Gasteiger partial charge in [-0.2, -0.15) is 0 Å². The Morgan fingerprint density at radius 1 is 1.00 bits per heavy atom. The third-order valence-electron chi connectivity index (χ3n) is 3.48. The summed E-state index contributed by atoms with van der Waals surface area (Å²) in [4.78, 5) is 4.45. The summed E-state index contributed by atoms with van der Waals surface area (Å²) in [5.41, 5.74) is 11.6. The van der Waals surface area contributed by atoms with E-state index in [1.165, 1.54) is 22.1 Å². The summed E-state index contributed by atoms with van der Waals surface area (Å²) < 4.78 is 0. The van der Waals surface area contributed by atoms with Crippen molar-refractivity contribution in [2.24, 2.45) is 5.73 Å². The molecule has 0 amide bonds. The van der Waals surface area contributed by atoms with Gasteiger partial charge in [0, 0.05) is 18.1 Å². The van der Waals surface area contributed by atoms with Crippen molar-refractivity contribution >= 4 is 10.9 Å². The fraction of sp³-hybridized carbons (Fsp3) is 0.118. The van der Waals surface area contributed by atoms with Crippen LogP contribution < -0.4 is 5.73 Å². The van der Waals surface area contributed by atoms with Crippen molar-refractivity contribution in [1.82, 2.24) is 4.98 Å². The summed E-state index contributed by atoms with van der Waals surface area (Å²) in [7, 11) is 0. The van der Waals surface area contributed by atoms with E-state index < -0.39 is 0 Å². The molecule has 19 heavy (non-hydrogen) atoms. The van der Waals surface area contributed by atoms with Crippen LogP contribution in [0.4, 0.5) is 0 Å². The molecule has 3 aromatic rings. The first-order valence-electron chi connectivity index (χ1n) is 6.43. The van der Waals surface area contributed by atoms with Crippen molar-refractivity contribution in [2.75, 3.05) is 0 Å². The minimum atomic E-state index is 0.548. The lowest BCUT2D eigenvalue weighted by molar-refractivity contribution is 1.07. The van der Waals surface area contributed by atoms with Crippen LogP contribution in [0.25, 0.3) is 22.0 Å². The Kier molecular flexibility index (Phi) is 3.02. The van der Waals surface area contributed by atoms with Gasteiger partial charge in [0.05, 0.1) is 5.52 Å². The Hall–Kier alpha value is -2.19. The molecule has 2 aromatic carbocycles. The van der Waals surface area contributed by atoms with E-state index in [0.717, 1.165) is 11.1 Å². The molecule has 0 radical (unpaired) electrons. The Balaban J connectivity index is 2.28. The molecule has 2 N–H and O–H groups in total. The molecule has 0 spiro atoms. The van der Waals surface area contributed by atoms with Gasteiger partial charge in [0.1, 0.15) is 0 Å². The first-order valence-corrected chi connectivity index (χ1v) is 6.43. The van der Waals surface area contributed by atoms with Gasteiger partial charge in [0.15, 0.2) is 0 Å². The predicted octanol–water partition coefficient (Wildman–Crippen LogP) is 3.67. The lowest BCUT2D eigenvalue weighted by Crippen LogP contribution is -1.96. The third kappa shape index (κ3) is 2.11. The van der Waals surface area contributed by atoms with Gasteiger partial charge in [0.2, 0.25) is 0 Å². The van der Waals surface area contributed by atoms with Crippen LogP contribution in [0.1, 0.15) is 11.1 Å². The molecule has 2 heteroatoms. The summed E-state index contributed by atoms with van der Waals surface area (Å²) in [5.74, 6) is 0. The van der Waals surface area contributed by atoms with E-state index in [9.17, 15) is 0 Å². The number of fused-ring (bicyclic) bond motifs is 1. The zero-order valence-corrected chi connectivity index (χ0v) is 10.9. The van der Waals surface area contributed by atoms with E-state index in [4.69, 9.17) is 5.73 Å². The molecule has 0 aliphatic carbocycles. The van der Waals surface area contributed by atoms with Gasteiger partial charge in [-0.1, -0.05) is 36.4 Å². The fourth-order valence-electron chi connectivity index (χ4n) is 2.43. The Bertz CT molecular complexity index is 732. The molecule has 0 bridgehead atoms. The monoisotopic (exact) mass is 248 g/mol. The van der Waals surface area contributed by atoms with Gasteiger partial charge < -0.3 is 5.73 Å². The van der Waals surface area contributed by atoms with Gasteiger partial charge in [0.25, 0.3) is 0 Å². The highest BCUT2D eigenvalue weighted by Crippen LogP contribution is 2.29. The van der Waals surface area contributed by atoms with Gasteiger partial charge >= 0.3 is 0 Å². The molecule has 1 heterocycles. The van der Waals surface area contributed by atoms with Crippen LogP contribution in [0.2, 0.25) is 0 Å². The maximum atomic E-state index is 5.69. The Labute approximate surface area is 112 Å². The van der Waals surface area contributed by atoms with Crippen molar-refractivity contribution in [1.29, 1.82) is 0 Å². The fourth-order valence-corrected chi connectivity index (χ4v) is 2.43. The van der Waals surface area contributed by atoms with Crippen molar-refractivity contribution in [3.8, 4) is 11.1 Å². The molecular formula is C17H16N2. The molecule has 2 nitrogen and oxygen atoms in total. The highest BCUT2D eigenvalue weighted by atomic mass is 14.6. The molecular weight excluding hydrogens is 232 g/mol. The van der Waals surface area contributed by atoms with E-state index in [1.807, 2.05) is 6.20 Å². The van der Waals surface area contributed by atoms with Gasteiger partial charge in [-0.15, -0.1) is 0 Å². The molecule has 0 aliphatic heterocycles. The van der Waals surface area contributed by atoms with E-state index in [2.05, 4.69) is 60.4 Å². The second-order valence-electron chi connectivity index (χ2n) is 4.73. The largest absolute Gasteiger partial charge is 0.326 e. The number of hydrogen-bond donors (Lipinski definition) is 1. The Morgan fingerprint density at radius 3 is 2.63 bits per heavy atom. The molecule has 0 fully saturated rings. The molecule has 0 saturated heterocycles. The van der Waals surface area contributed by atoms with Gasteiger partial charge in [-0.3, -0.25) is 4.98 Å². The zero-order valence-electron chi connectivity index (χ0n) is 10.9. The topological polar surface area (TPSA) is 38.9 Å². The number of aromatic nitrogens is 1. The molecule has 0 aliphatic rings. The highest BCUT2D eigenvalue weighted by Gasteiger charge is 2.06. The van der Waals surface area contributed by atoms with E-state index >= 15 is 0 Å². The van der Waals surface area contributed by atoms with Crippen LogP contribution in [0.5, 0.6) is 0 Å². The van der Waals surface area contributed by atoms with Crippen LogP contribution in [-0.2, 0) is 6.54 Å². The average molecular weight is 248 g/mol. The van der Waals surface area contributed by atoms with Crippen LogP contribution in [0.3, 0.4) is 0 Å². The van der Waals surface area contributed by atoms with Gasteiger partial charge in [-0.25, -0.2) is 0 Å². The van der Waals surface area contributed by atoms with E-state index in [0.29, 0.717) is 6.54 Å². The quantitative estimate of drug-likeness (QED) is 0.751. The smallest absolute Gasteiger partial charge is 0.0711 e. The second-order valence-corrected chi connectivity index (χ2v) is 4.73. The SMILES string of the molecule is Cc1ccccc1-c1ccnc2cc(CN)ccc12. The second kappa shape index (κ2) is 4.82. The van der Waals surface area contributed by atoms with E-state index in [-0.39, 0.29) is 0 Å². The number of rotatable bonds is 2. The highest BCUT2D eigenvalue weighted by molar-refractivity contribution is 5.95. The van der Waals surface area contributed by atoms with Crippen molar-refractivity contribution in [3.63, 3.8) is 0 Å². The van der Waals surface area contributed by atoms with E-state index in [1.54, 1.807) is 0 Å². The minimum Gasteiger partial charge on any atom is -0.326 e. The molecule has 3 rings (SSSR count). The molecule has 1 aromatic heterocycles. The number of benzene rings is 2. The van der Waals surface area contributed by atoms with Crippen LogP contribution in [0.15, 0.2) is 54.7 Å². The molecule has 0 unspecified atom stereocenters. The summed E-state index contributed by atoms with van der Waals surface area (Å²) in [5, 5.41) is 1.18.